The monoisotopic (exact) mass is 374 g/mol. The SMILES string of the molecule is CCc1nc2c(-c3ccc(Cl)cc3Cl)ncnc2n1C(CC)C1CC1. The molecule has 2 heterocycles. The Hall–Kier alpha value is -1.65. The summed E-state index contributed by atoms with van der Waals surface area (Å²) in [6.07, 6.45) is 6.15. The third kappa shape index (κ3) is 2.91. The Morgan fingerprint density at radius 1 is 1.20 bits per heavy atom. The number of imidazole rings is 1. The van der Waals surface area contributed by atoms with Gasteiger partial charge in [-0.15, -0.1) is 0 Å². The third-order valence-corrected chi connectivity index (χ3v) is 5.52. The second-order valence-electron chi connectivity index (χ2n) is 6.58. The van der Waals surface area contributed by atoms with Crippen LogP contribution in [0.25, 0.3) is 22.4 Å². The maximum atomic E-state index is 6.42. The molecular formula is C19H20Cl2N4. The molecule has 3 aromatic rings. The van der Waals surface area contributed by atoms with Crippen molar-refractivity contribution in [2.75, 3.05) is 0 Å². The fourth-order valence-corrected chi connectivity index (χ4v) is 4.14. The van der Waals surface area contributed by atoms with Gasteiger partial charge in [-0.2, -0.15) is 0 Å². The molecule has 0 amide bonds. The lowest BCUT2D eigenvalue weighted by atomic mass is 10.1. The molecule has 1 aliphatic rings. The normalized spacial score (nSPS) is 15.7. The first kappa shape index (κ1) is 16.8. The molecule has 1 aliphatic carbocycles. The quantitative estimate of drug-likeness (QED) is 0.573. The second-order valence-corrected chi connectivity index (χ2v) is 7.43. The maximum Gasteiger partial charge on any atom is 0.164 e. The van der Waals surface area contributed by atoms with Crippen molar-refractivity contribution in [3.8, 4) is 11.3 Å². The van der Waals surface area contributed by atoms with Gasteiger partial charge < -0.3 is 4.57 Å². The smallest absolute Gasteiger partial charge is 0.164 e. The van der Waals surface area contributed by atoms with Gasteiger partial charge in [0.15, 0.2) is 5.65 Å². The van der Waals surface area contributed by atoms with E-state index in [9.17, 15) is 0 Å². The van der Waals surface area contributed by atoms with Crippen molar-refractivity contribution in [3.05, 3.63) is 40.4 Å². The summed E-state index contributed by atoms with van der Waals surface area (Å²) in [4.78, 5) is 14.0. The molecule has 0 saturated heterocycles. The highest BCUT2D eigenvalue weighted by Gasteiger charge is 2.34. The zero-order valence-electron chi connectivity index (χ0n) is 14.3. The number of hydrogen-bond donors (Lipinski definition) is 0. The number of aromatic nitrogens is 4. The van der Waals surface area contributed by atoms with E-state index in [1.54, 1.807) is 12.4 Å². The predicted molar refractivity (Wildman–Crippen MR) is 102 cm³/mol. The van der Waals surface area contributed by atoms with Gasteiger partial charge in [-0.25, -0.2) is 15.0 Å². The van der Waals surface area contributed by atoms with E-state index in [2.05, 4.69) is 28.4 Å². The first-order valence-corrected chi connectivity index (χ1v) is 9.56. The lowest BCUT2D eigenvalue weighted by Gasteiger charge is -2.19. The number of hydrogen-bond acceptors (Lipinski definition) is 3. The average molecular weight is 375 g/mol. The number of rotatable bonds is 5. The maximum absolute atomic E-state index is 6.42. The minimum absolute atomic E-state index is 0.461. The molecule has 6 heteroatoms. The molecule has 0 spiro atoms. The lowest BCUT2D eigenvalue weighted by Crippen LogP contribution is -2.14. The van der Waals surface area contributed by atoms with Gasteiger partial charge in [0.05, 0.1) is 5.02 Å². The number of halogens is 2. The summed E-state index contributed by atoms with van der Waals surface area (Å²) in [6.45, 7) is 4.38. The first-order valence-electron chi connectivity index (χ1n) is 8.81. The van der Waals surface area contributed by atoms with E-state index in [-0.39, 0.29) is 0 Å². The minimum atomic E-state index is 0.461. The number of benzene rings is 1. The van der Waals surface area contributed by atoms with Crippen LogP contribution in [-0.4, -0.2) is 19.5 Å². The molecule has 0 bridgehead atoms. The third-order valence-electron chi connectivity index (χ3n) is 4.97. The number of nitrogens with zero attached hydrogens (tertiary/aromatic N) is 4. The summed E-state index contributed by atoms with van der Waals surface area (Å²) >= 11 is 12.5. The molecular weight excluding hydrogens is 355 g/mol. The van der Waals surface area contributed by atoms with Crippen LogP contribution in [0.4, 0.5) is 0 Å². The number of aryl methyl sites for hydroxylation is 1. The molecule has 4 rings (SSSR count). The van der Waals surface area contributed by atoms with Gasteiger partial charge in [-0.3, -0.25) is 0 Å². The first-order chi connectivity index (χ1) is 12.1. The van der Waals surface area contributed by atoms with Crippen molar-refractivity contribution >= 4 is 34.4 Å². The Morgan fingerprint density at radius 2 is 2.00 bits per heavy atom. The van der Waals surface area contributed by atoms with E-state index in [1.165, 1.54) is 12.8 Å². The van der Waals surface area contributed by atoms with Gasteiger partial charge in [0.2, 0.25) is 0 Å². The molecule has 25 heavy (non-hydrogen) atoms. The molecule has 4 nitrogen and oxygen atoms in total. The molecule has 0 N–H and O–H groups in total. The molecule has 0 radical (unpaired) electrons. The molecule has 130 valence electrons. The van der Waals surface area contributed by atoms with E-state index < -0.39 is 0 Å². The van der Waals surface area contributed by atoms with Gasteiger partial charge in [0.25, 0.3) is 0 Å². The van der Waals surface area contributed by atoms with Crippen LogP contribution >= 0.6 is 23.2 Å². The van der Waals surface area contributed by atoms with Crippen LogP contribution in [0.5, 0.6) is 0 Å². The fourth-order valence-electron chi connectivity index (χ4n) is 3.64. The van der Waals surface area contributed by atoms with Crippen LogP contribution in [0.1, 0.15) is 45.0 Å². The van der Waals surface area contributed by atoms with Crippen molar-refractivity contribution in [2.24, 2.45) is 5.92 Å². The van der Waals surface area contributed by atoms with Crippen molar-refractivity contribution in [1.82, 2.24) is 19.5 Å². The second kappa shape index (κ2) is 6.58. The van der Waals surface area contributed by atoms with Crippen LogP contribution in [0.2, 0.25) is 10.0 Å². The highest BCUT2D eigenvalue weighted by atomic mass is 35.5. The van der Waals surface area contributed by atoms with Crippen LogP contribution in [-0.2, 0) is 6.42 Å². The van der Waals surface area contributed by atoms with Gasteiger partial charge in [-0.05, 0) is 43.4 Å². The largest absolute Gasteiger partial charge is 0.309 e. The summed E-state index contributed by atoms with van der Waals surface area (Å²) in [5.74, 6) is 1.81. The highest BCUT2D eigenvalue weighted by molar-refractivity contribution is 6.36. The molecule has 0 aliphatic heterocycles. The van der Waals surface area contributed by atoms with Crippen LogP contribution < -0.4 is 0 Å². The van der Waals surface area contributed by atoms with Gasteiger partial charge in [-0.1, -0.05) is 37.0 Å². The van der Waals surface area contributed by atoms with E-state index in [4.69, 9.17) is 28.2 Å². The zero-order chi connectivity index (χ0) is 17.6. The Labute approximate surface area is 157 Å². The predicted octanol–water partition coefficient (Wildman–Crippen LogP) is 5.72. The summed E-state index contributed by atoms with van der Waals surface area (Å²) in [7, 11) is 0. The average Bonchev–Trinajstić information content (AvgIpc) is 3.36. The molecule has 1 saturated carbocycles. The van der Waals surface area contributed by atoms with E-state index in [1.807, 2.05) is 12.1 Å². The lowest BCUT2D eigenvalue weighted by molar-refractivity contribution is 0.427. The molecule has 1 unspecified atom stereocenters. The van der Waals surface area contributed by atoms with Crippen molar-refractivity contribution in [3.63, 3.8) is 0 Å². The summed E-state index contributed by atoms with van der Waals surface area (Å²) in [5.41, 5.74) is 3.34. The zero-order valence-corrected chi connectivity index (χ0v) is 15.8. The fraction of sp³-hybridized carbons (Fsp3) is 0.421. The van der Waals surface area contributed by atoms with Crippen LogP contribution in [0, 0.1) is 5.92 Å². The highest BCUT2D eigenvalue weighted by Crippen LogP contribution is 2.44. The minimum Gasteiger partial charge on any atom is -0.309 e. The van der Waals surface area contributed by atoms with Crippen molar-refractivity contribution in [2.45, 2.75) is 45.6 Å². The summed E-state index contributed by atoms with van der Waals surface area (Å²) in [5, 5.41) is 1.19. The van der Waals surface area contributed by atoms with Gasteiger partial charge in [0.1, 0.15) is 23.4 Å². The molecule has 1 fully saturated rings. The van der Waals surface area contributed by atoms with E-state index in [0.29, 0.717) is 16.1 Å². The summed E-state index contributed by atoms with van der Waals surface area (Å²) in [6, 6.07) is 5.93. The van der Waals surface area contributed by atoms with Crippen LogP contribution in [0.15, 0.2) is 24.5 Å². The van der Waals surface area contributed by atoms with Crippen molar-refractivity contribution < 1.29 is 0 Å². The van der Waals surface area contributed by atoms with E-state index >= 15 is 0 Å². The molecule has 1 atom stereocenters. The topological polar surface area (TPSA) is 43.6 Å². The van der Waals surface area contributed by atoms with Crippen LogP contribution in [0.3, 0.4) is 0 Å². The Balaban J connectivity index is 1.94. The number of fused-ring (bicyclic) bond motifs is 1. The molecule has 1 aromatic carbocycles. The molecule has 2 aromatic heterocycles. The Morgan fingerprint density at radius 3 is 2.64 bits per heavy atom. The van der Waals surface area contributed by atoms with E-state index in [0.717, 1.165) is 47.0 Å². The van der Waals surface area contributed by atoms with Crippen molar-refractivity contribution in [1.29, 1.82) is 0 Å². The standard InChI is InChI=1S/C19H20Cl2N4/c1-3-15(11-5-6-11)25-16(4-2)24-18-17(22-10-23-19(18)25)13-8-7-12(20)9-14(13)21/h7-11,15H,3-6H2,1-2H3. The summed E-state index contributed by atoms with van der Waals surface area (Å²) < 4.78 is 2.34. The van der Waals surface area contributed by atoms with Gasteiger partial charge >= 0.3 is 0 Å². The Bertz CT molecular complexity index is 931. The Kier molecular flexibility index (Phi) is 4.42. The van der Waals surface area contributed by atoms with Gasteiger partial charge in [0, 0.05) is 23.0 Å².